The summed E-state index contributed by atoms with van der Waals surface area (Å²) in [4.78, 5) is 13.8. The molecule has 1 aromatic heterocycles. The third-order valence-electron chi connectivity index (χ3n) is 3.95. The number of carbonyl (C=O) groups is 1. The number of hydrogen-bond acceptors (Lipinski definition) is 3. The Hall–Kier alpha value is -1.32. The van der Waals surface area contributed by atoms with Crippen LogP contribution in [0.5, 0.6) is 0 Å². The first-order chi connectivity index (χ1) is 9.04. The van der Waals surface area contributed by atoms with Gasteiger partial charge in [-0.25, -0.2) is 0 Å². The van der Waals surface area contributed by atoms with Crippen LogP contribution >= 0.6 is 0 Å². The van der Waals surface area contributed by atoms with Crippen LogP contribution in [0.2, 0.25) is 0 Å². The van der Waals surface area contributed by atoms with E-state index in [1.807, 2.05) is 18.7 Å². The van der Waals surface area contributed by atoms with Gasteiger partial charge in [0, 0.05) is 19.6 Å². The summed E-state index contributed by atoms with van der Waals surface area (Å²) < 4.78 is 1.87. The summed E-state index contributed by atoms with van der Waals surface area (Å²) in [7, 11) is 1.94. The molecule has 0 radical (unpaired) electrons. The van der Waals surface area contributed by atoms with Gasteiger partial charge in [-0.2, -0.15) is 5.10 Å². The van der Waals surface area contributed by atoms with Crippen LogP contribution in [0.25, 0.3) is 0 Å². The van der Waals surface area contributed by atoms with Crippen molar-refractivity contribution in [3.63, 3.8) is 0 Å². The number of rotatable bonds is 5. The number of aryl methyl sites for hydroxylation is 2. The summed E-state index contributed by atoms with van der Waals surface area (Å²) in [6.45, 7) is 7.36. The van der Waals surface area contributed by atoms with Crippen molar-refractivity contribution in [1.29, 1.82) is 0 Å². The zero-order valence-electron chi connectivity index (χ0n) is 12.5. The quantitative estimate of drug-likeness (QED) is 0.767. The molecule has 19 heavy (non-hydrogen) atoms. The molecular weight excluding hydrogens is 238 g/mol. The lowest BCUT2D eigenvalue weighted by Crippen LogP contribution is -2.38. The number of nitrogens with zero attached hydrogens (tertiary/aromatic N) is 3. The molecule has 1 aliphatic rings. The van der Waals surface area contributed by atoms with Crippen molar-refractivity contribution in [3.8, 4) is 0 Å². The Bertz CT molecular complexity index is 444. The van der Waals surface area contributed by atoms with Gasteiger partial charge in [-0.3, -0.25) is 9.48 Å². The minimum absolute atomic E-state index is 0.566. The van der Waals surface area contributed by atoms with Gasteiger partial charge < -0.3 is 4.90 Å². The Labute approximate surface area is 115 Å². The Balaban J connectivity index is 2.39. The van der Waals surface area contributed by atoms with Gasteiger partial charge in [-0.15, -0.1) is 0 Å². The first kappa shape index (κ1) is 14.1. The Kier molecular flexibility index (Phi) is 4.27. The highest BCUT2D eigenvalue weighted by molar-refractivity contribution is 5.85. The Morgan fingerprint density at radius 1 is 1.42 bits per heavy atom. The third-order valence-corrected chi connectivity index (χ3v) is 3.95. The summed E-state index contributed by atoms with van der Waals surface area (Å²) in [5.41, 5.74) is 1.59. The average Bonchev–Trinajstić information content (AvgIpc) is 2.94. The maximum Gasteiger partial charge on any atom is 0.155 e. The lowest BCUT2D eigenvalue weighted by atomic mass is 10.1. The van der Waals surface area contributed by atoms with E-state index in [1.165, 1.54) is 25.7 Å². The second kappa shape index (κ2) is 5.76. The molecule has 0 aromatic carbocycles. The minimum atomic E-state index is 0.566. The third kappa shape index (κ3) is 2.82. The summed E-state index contributed by atoms with van der Waals surface area (Å²) in [5.74, 6) is 1.59. The van der Waals surface area contributed by atoms with Crippen LogP contribution in [0.3, 0.4) is 0 Å². The van der Waals surface area contributed by atoms with Crippen LogP contribution < -0.4 is 4.90 Å². The van der Waals surface area contributed by atoms with Gasteiger partial charge >= 0.3 is 0 Å². The van der Waals surface area contributed by atoms with E-state index in [9.17, 15) is 4.79 Å². The molecule has 0 unspecified atom stereocenters. The monoisotopic (exact) mass is 263 g/mol. The van der Waals surface area contributed by atoms with E-state index >= 15 is 0 Å². The van der Waals surface area contributed by atoms with Crippen molar-refractivity contribution in [2.24, 2.45) is 13.0 Å². The fraction of sp³-hybridized carbons (Fsp3) is 0.733. The van der Waals surface area contributed by atoms with Crippen molar-refractivity contribution < 1.29 is 4.79 Å². The van der Waals surface area contributed by atoms with Crippen LogP contribution in [0.4, 0.5) is 5.82 Å². The molecule has 0 saturated heterocycles. The highest BCUT2D eigenvalue weighted by Crippen LogP contribution is 2.31. The zero-order chi connectivity index (χ0) is 14.0. The van der Waals surface area contributed by atoms with E-state index < -0.39 is 0 Å². The van der Waals surface area contributed by atoms with E-state index in [4.69, 9.17) is 0 Å². The van der Waals surface area contributed by atoms with Gasteiger partial charge in [0.15, 0.2) is 6.29 Å². The fourth-order valence-corrected chi connectivity index (χ4v) is 3.16. The molecule has 0 bridgehead atoms. The molecule has 0 aliphatic heterocycles. The summed E-state index contributed by atoms with van der Waals surface area (Å²) in [6, 6.07) is 0.566. The zero-order valence-corrected chi connectivity index (χ0v) is 12.5. The molecule has 0 atom stereocenters. The maximum atomic E-state index is 11.4. The molecule has 0 spiro atoms. The standard InChI is InChI=1S/C15H25N3O/c1-11(2)9-18(13-7-5-6-8-13)15-14(10-19)12(3)16-17(15)4/h10-11,13H,5-9H2,1-4H3. The molecule has 1 fully saturated rings. The van der Waals surface area contributed by atoms with Gasteiger partial charge in [0.25, 0.3) is 0 Å². The van der Waals surface area contributed by atoms with Crippen LogP contribution in [0, 0.1) is 12.8 Å². The molecular formula is C15H25N3O. The number of carbonyl (C=O) groups excluding carboxylic acids is 1. The molecule has 4 nitrogen and oxygen atoms in total. The topological polar surface area (TPSA) is 38.1 Å². The molecule has 1 aliphatic carbocycles. The second-order valence-electron chi connectivity index (χ2n) is 6.05. The molecule has 1 aromatic rings. The largest absolute Gasteiger partial charge is 0.353 e. The summed E-state index contributed by atoms with van der Waals surface area (Å²) in [6.07, 6.45) is 6.02. The highest BCUT2D eigenvalue weighted by Gasteiger charge is 2.28. The molecule has 106 valence electrons. The smallest absolute Gasteiger partial charge is 0.155 e. The first-order valence-corrected chi connectivity index (χ1v) is 7.30. The number of aromatic nitrogens is 2. The van der Waals surface area contributed by atoms with E-state index in [2.05, 4.69) is 23.8 Å². The number of hydrogen-bond donors (Lipinski definition) is 0. The van der Waals surface area contributed by atoms with E-state index in [-0.39, 0.29) is 0 Å². The van der Waals surface area contributed by atoms with E-state index in [0.29, 0.717) is 12.0 Å². The van der Waals surface area contributed by atoms with Crippen molar-refractivity contribution in [2.75, 3.05) is 11.4 Å². The van der Waals surface area contributed by atoms with E-state index in [0.717, 1.165) is 29.9 Å². The predicted octanol–water partition coefficient (Wildman–Crippen LogP) is 2.95. The molecule has 2 rings (SSSR count). The van der Waals surface area contributed by atoms with E-state index in [1.54, 1.807) is 0 Å². The van der Waals surface area contributed by atoms with Crippen LogP contribution in [-0.2, 0) is 7.05 Å². The van der Waals surface area contributed by atoms with Gasteiger partial charge in [-0.1, -0.05) is 26.7 Å². The number of aldehydes is 1. The Morgan fingerprint density at radius 3 is 2.58 bits per heavy atom. The van der Waals surface area contributed by atoms with Gasteiger partial charge in [0.05, 0.1) is 11.3 Å². The highest BCUT2D eigenvalue weighted by atomic mass is 16.1. The Morgan fingerprint density at radius 2 is 2.05 bits per heavy atom. The first-order valence-electron chi connectivity index (χ1n) is 7.30. The molecule has 4 heteroatoms. The van der Waals surface area contributed by atoms with Crippen LogP contribution in [0.15, 0.2) is 0 Å². The van der Waals surface area contributed by atoms with Crippen LogP contribution in [-0.4, -0.2) is 28.7 Å². The van der Waals surface area contributed by atoms with Gasteiger partial charge in [0.1, 0.15) is 5.82 Å². The lowest BCUT2D eigenvalue weighted by Gasteiger charge is -2.32. The summed E-state index contributed by atoms with van der Waals surface area (Å²) >= 11 is 0. The normalized spacial score (nSPS) is 16.3. The molecule has 0 N–H and O–H groups in total. The molecule has 0 amide bonds. The van der Waals surface area contributed by atoms with Crippen LogP contribution in [0.1, 0.15) is 55.6 Å². The number of anilines is 1. The van der Waals surface area contributed by atoms with Crippen molar-refractivity contribution >= 4 is 12.1 Å². The van der Waals surface area contributed by atoms with Crippen molar-refractivity contribution in [1.82, 2.24) is 9.78 Å². The average molecular weight is 263 g/mol. The van der Waals surface area contributed by atoms with Crippen molar-refractivity contribution in [2.45, 2.75) is 52.5 Å². The lowest BCUT2D eigenvalue weighted by molar-refractivity contribution is 0.112. The predicted molar refractivity (Wildman–Crippen MR) is 77.8 cm³/mol. The van der Waals surface area contributed by atoms with Gasteiger partial charge in [0.2, 0.25) is 0 Å². The minimum Gasteiger partial charge on any atom is -0.353 e. The maximum absolute atomic E-state index is 11.4. The van der Waals surface area contributed by atoms with Gasteiger partial charge in [-0.05, 0) is 25.7 Å². The summed E-state index contributed by atoms with van der Waals surface area (Å²) in [5, 5.41) is 4.43. The second-order valence-corrected chi connectivity index (χ2v) is 6.05. The fourth-order valence-electron chi connectivity index (χ4n) is 3.16. The molecule has 1 saturated carbocycles. The molecule has 1 heterocycles. The van der Waals surface area contributed by atoms with Crippen molar-refractivity contribution in [3.05, 3.63) is 11.3 Å². The SMILES string of the molecule is Cc1nn(C)c(N(CC(C)C)C2CCCC2)c1C=O.